The molecule has 1 atom stereocenters. The Kier molecular flexibility index (Phi) is 3.39. The SMILES string of the molecule is CCC(NN)c1cc(F)ccc1C. The van der Waals surface area contributed by atoms with Crippen LogP contribution in [-0.4, -0.2) is 0 Å². The predicted octanol–water partition coefficient (Wildman–Crippen LogP) is 2.05. The average molecular weight is 182 g/mol. The van der Waals surface area contributed by atoms with Crippen LogP contribution in [0.5, 0.6) is 0 Å². The van der Waals surface area contributed by atoms with Gasteiger partial charge in [-0.3, -0.25) is 11.3 Å². The van der Waals surface area contributed by atoms with E-state index in [0.29, 0.717) is 0 Å². The lowest BCUT2D eigenvalue weighted by molar-refractivity contribution is 0.530. The van der Waals surface area contributed by atoms with Crippen molar-refractivity contribution in [2.45, 2.75) is 26.3 Å². The van der Waals surface area contributed by atoms with Gasteiger partial charge in [-0.2, -0.15) is 0 Å². The number of benzene rings is 1. The van der Waals surface area contributed by atoms with E-state index in [1.54, 1.807) is 6.07 Å². The summed E-state index contributed by atoms with van der Waals surface area (Å²) in [6, 6.07) is 4.80. The van der Waals surface area contributed by atoms with Gasteiger partial charge in [0.05, 0.1) is 0 Å². The van der Waals surface area contributed by atoms with Gasteiger partial charge in [0, 0.05) is 6.04 Å². The molecule has 0 aliphatic rings. The smallest absolute Gasteiger partial charge is 0.123 e. The summed E-state index contributed by atoms with van der Waals surface area (Å²) in [7, 11) is 0. The second-order valence-electron chi connectivity index (χ2n) is 3.13. The van der Waals surface area contributed by atoms with Gasteiger partial charge in [-0.25, -0.2) is 4.39 Å². The van der Waals surface area contributed by atoms with Crippen molar-refractivity contribution in [2.75, 3.05) is 0 Å². The topological polar surface area (TPSA) is 38.0 Å². The molecule has 0 aromatic heterocycles. The average Bonchev–Trinajstić information content (AvgIpc) is 2.13. The fraction of sp³-hybridized carbons (Fsp3) is 0.400. The van der Waals surface area contributed by atoms with Crippen LogP contribution in [-0.2, 0) is 0 Å². The summed E-state index contributed by atoms with van der Waals surface area (Å²) in [5.41, 5.74) is 4.67. The van der Waals surface area contributed by atoms with E-state index in [-0.39, 0.29) is 11.9 Å². The molecule has 72 valence electrons. The predicted molar refractivity (Wildman–Crippen MR) is 51.5 cm³/mol. The molecule has 1 aromatic carbocycles. The summed E-state index contributed by atoms with van der Waals surface area (Å²) in [6.45, 7) is 3.96. The maximum Gasteiger partial charge on any atom is 0.123 e. The highest BCUT2D eigenvalue weighted by molar-refractivity contribution is 5.29. The van der Waals surface area contributed by atoms with Crippen LogP contribution >= 0.6 is 0 Å². The third-order valence-corrected chi connectivity index (χ3v) is 2.23. The van der Waals surface area contributed by atoms with Crippen molar-refractivity contribution in [3.05, 3.63) is 35.1 Å². The summed E-state index contributed by atoms with van der Waals surface area (Å²) in [6.07, 6.45) is 0.848. The zero-order valence-electron chi connectivity index (χ0n) is 7.97. The molecule has 0 fully saturated rings. The lowest BCUT2D eigenvalue weighted by Crippen LogP contribution is -2.28. The van der Waals surface area contributed by atoms with E-state index in [1.165, 1.54) is 12.1 Å². The molecule has 0 amide bonds. The summed E-state index contributed by atoms with van der Waals surface area (Å²) < 4.78 is 12.9. The van der Waals surface area contributed by atoms with Gasteiger partial charge in [0.15, 0.2) is 0 Å². The van der Waals surface area contributed by atoms with E-state index < -0.39 is 0 Å². The van der Waals surface area contributed by atoms with Gasteiger partial charge in [0.2, 0.25) is 0 Å². The van der Waals surface area contributed by atoms with E-state index in [2.05, 4.69) is 5.43 Å². The van der Waals surface area contributed by atoms with E-state index in [4.69, 9.17) is 5.84 Å². The fourth-order valence-electron chi connectivity index (χ4n) is 1.41. The number of hydrogen-bond acceptors (Lipinski definition) is 2. The van der Waals surface area contributed by atoms with Crippen LogP contribution in [0.2, 0.25) is 0 Å². The number of hydrogen-bond donors (Lipinski definition) is 2. The first kappa shape index (κ1) is 10.2. The fourth-order valence-corrected chi connectivity index (χ4v) is 1.41. The highest BCUT2D eigenvalue weighted by Gasteiger charge is 2.10. The molecular formula is C10H15FN2. The molecule has 0 saturated carbocycles. The highest BCUT2D eigenvalue weighted by Crippen LogP contribution is 2.20. The Morgan fingerprint density at radius 2 is 2.23 bits per heavy atom. The van der Waals surface area contributed by atoms with E-state index >= 15 is 0 Å². The standard InChI is InChI=1S/C10H15FN2/c1-3-10(13-12)9-6-8(11)5-4-7(9)2/h4-6,10,13H,3,12H2,1-2H3. The first-order chi connectivity index (χ1) is 6.19. The minimum Gasteiger partial charge on any atom is -0.271 e. The molecule has 1 aromatic rings. The largest absolute Gasteiger partial charge is 0.271 e. The van der Waals surface area contributed by atoms with Crippen molar-refractivity contribution in [1.29, 1.82) is 0 Å². The van der Waals surface area contributed by atoms with Crippen molar-refractivity contribution in [3.8, 4) is 0 Å². The summed E-state index contributed by atoms with van der Waals surface area (Å²) in [4.78, 5) is 0. The minimum absolute atomic E-state index is 0.0377. The van der Waals surface area contributed by atoms with Gasteiger partial charge in [0.25, 0.3) is 0 Å². The van der Waals surface area contributed by atoms with Gasteiger partial charge in [-0.15, -0.1) is 0 Å². The Morgan fingerprint density at radius 1 is 1.54 bits per heavy atom. The molecule has 0 heterocycles. The molecular weight excluding hydrogens is 167 g/mol. The third kappa shape index (κ3) is 2.26. The summed E-state index contributed by atoms with van der Waals surface area (Å²) >= 11 is 0. The zero-order chi connectivity index (χ0) is 9.84. The van der Waals surface area contributed by atoms with Crippen molar-refractivity contribution in [1.82, 2.24) is 5.43 Å². The molecule has 0 aliphatic heterocycles. The van der Waals surface area contributed by atoms with Crippen LogP contribution in [0.1, 0.15) is 30.5 Å². The summed E-state index contributed by atoms with van der Waals surface area (Å²) in [5.74, 6) is 5.15. The second kappa shape index (κ2) is 4.35. The minimum atomic E-state index is -0.214. The van der Waals surface area contributed by atoms with Gasteiger partial charge >= 0.3 is 0 Å². The Bertz CT molecular complexity index is 282. The molecule has 0 spiro atoms. The van der Waals surface area contributed by atoms with Crippen LogP contribution in [0.25, 0.3) is 0 Å². The van der Waals surface area contributed by atoms with Crippen molar-refractivity contribution < 1.29 is 4.39 Å². The lowest BCUT2D eigenvalue weighted by atomic mass is 10.00. The van der Waals surface area contributed by atoms with E-state index in [9.17, 15) is 4.39 Å². The Morgan fingerprint density at radius 3 is 2.77 bits per heavy atom. The molecule has 0 saturated heterocycles. The van der Waals surface area contributed by atoms with Crippen LogP contribution < -0.4 is 11.3 Å². The van der Waals surface area contributed by atoms with Gasteiger partial charge < -0.3 is 0 Å². The van der Waals surface area contributed by atoms with Crippen molar-refractivity contribution in [2.24, 2.45) is 5.84 Å². The molecule has 0 radical (unpaired) electrons. The number of nitrogens with one attached hydrogen (secondary N) is 1. The van der Waals surface area contributed by atoms with Gasteiger partial charge in [-0.1, -0.05) is 13.0 Å². The zero-order valence-corrected chi connectivity index (χ0v) is 7.97. The number of hydrazine groups is 1. The Labute approximate surface area is 77.9 Å². The van der Waals surface area contributed by atoms with Crippen LogP contribution in [0, 0.1) is 12.7 Å². The maximum absolute atomic E-state index is 12.9. The molecule has 1 unspecified atom stereocenters. The van der Waals surface area contributed by atoms with Crippen LogP contribution in [0.4, 0.5) is 4.39 Å². The van der Waals surface area contributed by atoms with Crippen molar-refractivity contribution >= 4 is 0 Å². The molecule has 0 bridgehead atoms. The second-order valence-corrected chi connectivity index (χ2v) is 3.13. The monoisotopic (exact) mass is 182 g/mol. The first-order valence-electron chi connectivity index (χ1n) is 4.41. The van der Waals surface area contributed by atoms with Crippen molar-refractivity contribution in [3.63, 3.8) is 0 Å². The quantitative estimate of drug-likeness (QED) is 0.554. The first-order valence-corrected chi connectivity index (χ1v) is 4.41. The van der Waals surface area contributed by atoms with Crippen LogP contribution in [0.15, 0.2) is 18.2 Å². The summed E-state index contributed by atoms with van der Waals surface area (Å²) in [5, 5.41) is 0. The molecule has 0 aliphatic carbocycles. The molecule has 1 rings (SSSR count). The number of rotatable bonds is 3. The molecule has 13 heavy (non-hydrogen) atoms. The molecule has 2 nitrogen and oxygen atoms in total. The molecule has 3 N–H and O–H groups in total. The lowest BCUT2D eigenvalue weighted by Gasteiger charge is -2.16. The van der Waals surface area contributed by atoms with E-state index in [0.717, 1.165) is 17.5 Å². The number of halogens is 1. The van der Waals surface area contributed by atoms with Gasteiger partial charge in [0.1, 0.15) is 5.82 Å². The normalized spacial score (nSPS) is 12.9. The number of aryl methyl sites for hydroxylation is 1. The third-order valence-electron chi connectivity index (χ3n) is 2.23. The van der Waals surface area contributed by atoms with Crippen LogP contribution in [0.3, 0.4) is 0 Å². The number of nitrogens with two attached hydrogens (primary N) is 1. The Balaban J connectivity index is 3.03. The highest BCUT2D eigenvalue weighted by atomic mass is 19.1. The maximum atomic E-state index is 12.9. The Hall–Kier alpha value is -0.930. The van der Waals surface area contributed by atoms with Gasteiger partial charge in [-0.05, 0) is 36.6 Å². The van der Waals surface area contributed by atoms with E-state index in [1.807, 2.05) is 13.8 Å². The molecule has 3 heteroatoms.